The van der Waals surface area contributed by atoms with Crippen LogP contribution >= 0.6 is 12.4 Å². The molecule has 2 saturated heterocycles. The van der Waals surface area contributed by atoms with Crippen molar-refractivity contribution in [3.05, 3.63) is 0 Å². The molecule has 2 rings (SSSR count). The average molecular weight is 637 g/mol. The topological polar surface area (TPSA) is 260 Å². The number of ether oxygens (including phenoxy) is 2. The van der Waals surface area contributed by atoms with E-state index in [0.717, 1.165) is 9.80 Å². The highest BCUT2D eigenvalue weighted by Crippen LogP contribution is 2.18. The van der Waals surface area contributed by atoms with Crippen LogP contribution in [0.25, 0.3) is 0 Å². The predicted molar refractivity (Wildman–Crippen MR) is 145 cm³/mol. The Morgan fingerprint density at radius 3 is 1.21 bits per heavy atom. The highest BCUT2D eigenvalue weighted by molar-refractivity contribution is 6.00. The molecular formula is C24H37ClN6O12. The summed E-state index contributed by atoms with van der Waals surface area (Å²) in [4.78, 5) is 100. The number of carbonyl (C=O) groups excluding carboxylic acids is 6. The molecule has 6 N–H and O–H groups in total. The van der Waals surface area contributed by atoms with Crippen molar-refractivity contribution < 1.29 is 58.0 Å². The van der Waals surface area contributed by atoms with E-state index in [1.807, 2.05) is 0 Å². The number of carboxylic acids is 2. The highest BCUT2D eigenvalue weighted by Gasteiger charge is 2.40. The number of hydrogen-bond donors (Lipinski definition) is 4. The molecule has 2 aliphatic rings. The zero-order valence-electron chi connectivity index (χ0n) is 23.7. The fourth-order valence-electron chi connectivity index (χ4n) is 4.16. The van der Waals surface area contributed by atoms with Gasteiger partial charge in [0.25, 0.3) is 0 Å². The summed E-state index contributed by atoms with van der Waals surface area (Å²) in [5.41, 5.74) is 11.1. The lowest BCUT2D eigenvalue weighted by Gasteiger charge is -2.43. The molecule has 18 nitrogen and oxygen atoms in total. The fourth-order valence-corrected chi connectivity index (χ4v) is 4.16. The number of carbonyl (C=O) groups is 8. The van der Waals surface area contributed by atoms with Gasteiger partial charge in [-0.1, -0.05) is 0 Å². The van der Waals surface area contributed by atoms with Crippen LogP contribution in [-0.2, 0) is 47.8 Å². The van der Waals surface area contributed by atoms with Crippen molar-refractivity contribution >= 4 is 59.9 Å². The summed E-state index contributed by atoms with van der Waals surface area (Å²) < 4.78 is 9.83. The molecule has 2 fully saturated rings. The number of rotatable bonds is 15. The first-order valence-corrected chi connectivity index (χ1v) is 13.0. The van der Waals surface area contributed by atoms with E-state index >= 15 is 0 Å². The minimum absolute atomic E-state index is 0. The van der Waals surface area contributed by atoms with Gasteiger partial charge >= 0.3 is 23.9 Å². The van der Waals surface area contributed by atoms with Gasteiger partial charge in [0.1, 0.15) is 12.1 Å². The van der Waals surface area contributed by atoms with Crippen molar-refractivity contribution in [2.75, 3.05) is 39.6 Å². The smallest absolute Gasteiger partial charge is 0.324 e. The number of imide groups is 2. The number of hydrogen-bond acceptors (Lipinski definition) is 14. The zero-order valence-corrected chi connectivity index (χ0v) is 24.5. The molecular weight excluding hydrogens is 600 g/mol. The molecule has 19 heteroatoms. The summed E-state index contributed by atoms with van der Waals surface area (Å²) in [6.07, 6.45) is -1.06. The Balaban J connectivity index is 0.00000924. The Bertz CT molecular complexity index is 987. The van der Waals surface area contributed by atoms with Gasteiger partial charge in [0.15, 0.2) is 13.5 Å². The van der Waals surface area contributed by atoms with Crippen LogP contribution in [0.3, 0.4) is 0 Å². The Morgan fingerprint density at radius 2 is 0.953 bits per heavy atom. The summed E-state index contributed by atoms with van der Waals surface area (Å²) in [6.45, 7) is 1.19. The summed E-state index contributed by atoms with van der Waals surface area (Å²) in [5, 5.41) is 17.4. The number of piperazine rings is 2. The van der Waals surface area contributed by atoms with E-state index in [9.17, 15) is 38.4 Å². The summed E-state index contributed by atoms with van der Waals surface area (Å²) in [7, 11) is 0. The van der Waals surface area contributed by atoms with E-state index in [0.29, 0.717) is 0 Å². The second-order valence-corrected chi connectivity index (χ2v) is 9.98. The van der Waals surface area contributed by atoms with Crippen LogP contribution in [0.4, 0.5) is 0 Å². The molecule has 242 valence electrons. The van der Waals surface area contributed by atoms with Crippen LogP contribution in [0.2, 0.25) is 0 Å². The van der Waals surface area contributed by atoms with Crippen LogP contribution in [0.5, 0.6) is 0 Å². The molecule has 43 heavy (non-hydrogen) atoms. The Kier molecular flexibility index (Phi) is 14.6. The molecule has 0 unspecified atom stereocenters. The number of halogens is 1. The first-order valence-electron chi connectivity index (χ1n) is 13.0. The normalized spacial score (nSPS) is 19.3. The largest absolute Gasteiger partial charge is 0.481 e. The molecule has 0 bridgehead atoms. The van der Waals surface area contributed by atoms with E-state index in [4.69, 9.17) is 31.2 Å². The highest BCUT2D eigenvalue weighted by atomic mass is 35.5. The quantitative estimate of drug-likeness (QED) is 0.102. The van der Waals surface area contributed by atoms with Crippen molar-refractivity contribution in [3.63, 3.8) is 0 Å². The molecule has 4 amide bonds. The zero-order chi connectivity index (χ0) is 31.7. The second kappa shape index (κ2) is 16.8. The van der Waals surface area contributed by atoms with E-state index in [2.05, 4.69) is 0 Å². The Labute approximate surface area is 252 Å². The third kappa shape index (κ3) is 10.8. The van der Waals surface area contributed by atoms with Crippen molar-refractivity contribution in [1.82, 2.24) is 19.6 Å². The first kappa shape index (κ1) is 37.3. The number of nitrogens with zero attached hydrogens (tertiary/aromatic N) is 4. The lowest BCUT2D eigenvalue weighted by atomic mass is 10.1. The lowest BCUT2D eigenvalue weighted by Crippen LogP contribution is -2.63. The standard InChI is InChI=1S/C24H36N6O12.ClH/c1-13(27-7-17(31)29(18(32)8-27)11-41-23(39)15(25)3-5-21(35)36)14(2)28-9-19(33)30(20(34)10-28)12-42-24(40)16(26)4-6-22(37)38;/h13-16H,3-12,25-26H2,1-2H3,(H,35,36)(H,37,38);1H/t13-,14+,15-,16-;/m0./s1. The van der Waals surface area contributed by atoms with Crippen LogP contribution in [-0.4, -0.2) is 141 Å². The molecule has 0 aromatic carbocycles. The number of esters is 2. The molecule has 0 aromatic heterocycles. The number of amides is 4. The van der Waals surface area contributed by atoms with E-state index in [1.165, 1.54) is 0 Å². The van der Waals surface area contributed by atoms with Gasteiger partial charge in [-0.3, -0.25) is 48.2 Å². The molecule has 2 heterocycles. The van der Waals surface area contributed by atoms with Gasteiger partial charge in [0, 0.05) is 24.9 Å². The molecule has 0 saturated carbocycles. The molecule has 4 atom stereocenters. The van der Waals surface area contributed by atoms with Gasteiger partial charge in [0.05, 0.1) is 26.2 Å². The van der Waals surface area contributed by atoms with Gasteiger partial charge < -0.3 is 31.2 Å². The summed E-state index contributed by atoms with van der Waals surface area (Å²) in [6, 6.07) is -3.42. The molecule has 0 aliphatic carbocycles. The van der Waals surface area contributed by atoms with Crippen molar-refractivity contribution in [1.29, 1.82) is 0 Å². The Hall–Kier alpha value is -3.71. The SMILES string of the molecule is C[C@H]([C@H](C)N1CC(=O)N(COC(=O)[C@@H](N)CCC(=O)O)C(=O)C1)N1CC(=O)N(COC(=O)[C@@H](N)CCC(=O)O)C(=O)C1.Cl. The van der Waals surface area contributed by atoms with Gasteiger partial charge in [0.2, 0.25) is 23.6 Å². The number of nitrogens with two attached hydrogens (primary N) is 2. The molecule has 0 radical (unpaired) electrons. The Morgan fingerprint density at radius 1 is 0.674 bits per heavy atom. The first-order chi connectivity index (χ1) is 19.6. The third-order valence-electron chi connectivity index (χ3n) is 7.02. The third-order valence-corrected chi connectivity index (χ3v) is 7.02. The van der Waals surface area contributed by atoms with Crippen molar-refractivity contribution in [2.45, 2.75) is 63.7 Å². The van der Waals surface area contributed by atoms with Gasteiger partial charge in [-0.2, -0.15) is 0 Å². The van der Waals surface area contributed by atoms with E-state index in [-0.39, 0.29) is 64.3 Å². The maximum Gasteiger partial charge on any atom is 0.324 e. The monoisotopic (exact) mass is 636 g/mol. The minimum atomic E-state index is -1.23. The minimum Gasteiger partial charge on any atom is -0.481 e. The van der Waals surface area contributed by atoms with Crippen LogP contribution in [0.15, 0.2) is 0 Å². The van der Waals surface area contributed by atoms with Crippen molar-refractivity contribution in [2.24, 2.45) is 11.5 Å². The fraction of sp³-hybridized carbons (Fsp3) is 0.667. The number of carboxylic acid groups (broad SMARTS) is 2. The van der Waals surface area contributed by atoms with Crippen LogP contribution < -0.4 is 11.5 Å². The predicted octanol–water partition coefficient (Wildman–Crippen LogP) is -3.09. The van der Waals surface area contributed by atoms with Gasteiger partial charge in [-0.25, -0.2) is 9.80 Å². The average Bonchev–Trinajstić information content (AvgIpc) is 2.92. The maximum atomic E-state index is 12.7. The molecule has 2 aliphatic heterocycles. The van der Waals surface area contributed by atoms with Crippen LogP contribution in [0, 0.1) is 0 Å². The summed E-state index contributed by atoms with van der Waals surface area (Å²) >= 11 is 0. The lowest BCUT2D eigenvalue weighted by molar-refractivity contribution is -0.169. The second-order valence-electron chi connectivity index (χ2n) is 9.98. The summed E-state index contributed by atoms with van der Waals surface area (Å²) in [5.74, 6) is -6.81. The maximum absolute atomic E-state index is 12.7. The molecule has 0 aromatic rings. The van der Waals surface area contributed by atoms with Crippen molar-refractivity contribution in [3.8, 4) is 0 Å². The molecule has 0 spiro atoms. The van der Waals surface area contributed by atoms with Gasteiger partial charge in [-0.15, -0.1) is 12.4 Å². The van der Waals surface area contributed by atoms with Gasteiger partial charge in [-0.05, 0) is 26.7 Å². The van der Waals surface area contributed by atoms with E-state index < -0.39 is 85.1 Å². The number of aliphatic carboxylic acids is 2. The van der Waals surface area contributed by atoms with E-state index in [1.54, 1.807) is 23.6 Å². The van der Waals surface area contributed by atoms with Crippen LogP contribution in [0.1, 0.15) is 39.5 Å².